The summed E-state index contributed by atoms with van der Waals surface area (Å²) in [6.07, 6.45) is 5.21. The van der Waals surface area contributed by atoms with Crippen molar-refractivity contribution >= 4 is 22.5 Å². The lowest BCUT2D eigenvalue weighted by Crippen LogP contribution is -2.35. The van der Waals surface area contributed by atoms with Crippen molar-refractivity contribution in [3.05, 3.63) is 77.6 Å². The number of imidazole rings is 1. The van der Waals surface area contributed by atoms with Crippen molar-refractivity contribution < 1.29 is 13.5 Å². The zero-order chi connectivity index (χ0) is 25.6. The van der Waals surface area contributed by atoms with E-state index in [-0.39, 0.29) is 6.04 Å². The Labute approximate surface area is 217 Å². The maximum absolute atomic E-state index is 14.6. The third-order valence-electron chi connectivity index (χ3n) is 7.53. The van der Waals surface area contributed by atoms with Crippen LogP contribution in [0.4, 0.5) is 14.6 Å². The van der Waals surface area contributed by atoms with Gasteiger partial charge in [-0.05, 0) is 54.8 Å². The number of aromatic nitrogens is 5. The first-order valence-corrected chi connectivity index (χ1v) is 13.0. The van der Waals surface area contributed by atoms with Crippen molar-refractivity contribution in [3.8, 4) is 11.4 Å². The largest absolute Gasteiger partial charge is 0.379 e. The van der Waals surface area contributed by atoms with Crippen LogP contribution in [0.25, 0.3) is 28.1 Å². The number of benzene rings is 2. The lowest BCUT2D eigenvalue weighted by Gasteiger charge is -2.26. The molecule has 0 bridgehead atoms. The SMILES string of the molecule is Fc1ccc(F)c([C@H]2CCCN2c2ccn3ncc(-c4nc5ccc(CN6CCOCC6)cc5[nH]4)c3n2)c1. The Morgan fingerprint density at radius 3 is 2.79 bits per heavy atom. The monoisotopic (exact) mass is 515 g/mol. The van der Waals surface area contributed by atoms with Crippen molar-refractivity contribution in [2.45, 2.75) is 25.4 Å². The minimum atomic E-state index is -0.437. The predicted molar refractivity (Wildman–Crippen MR) is 140 cm³/mol. The predicted octanol–water partition coefficient (Wildman–Crippen LogP) is 4.72. The van der Waals surface area contributed by atoms with E-state index in [1.807, 2.05) is 23.2 Å². The lowest BCUT2D eigenvalue weighted by atomic mass is 10.0. The number of hydrogen-bond acceptors (Lipinski definition) is 6. The van der Waals surface area contributed by atoms with Crippen LogP contribution < -0.4 is 4.90 Å². The van der Waals surface area contributed by atoms with Crippen LogP contribution in [0, 0.1) is 11.6 Å². The fourth-order valence-electron chi connectivity index (χ4n) is 5.62. The average Bonchev–Trinajstić information content (AvgIpc) is 3.68. The second-order valence-corrected chi connectivity index (χ2v) is 9.95. The number of fused-ring (bicyclic) bond motifs is 2. The normalized spacial score (nSPS) is 18.7. The van der Waals surface area contributed by atoms with Crippen molar-refractivity contribution in [1.82, 2.24) is 29.5 Å². The Bertz CT molecular complexity index is 1620. The molecule has 2 aliphatic rings. The summed E-state index contributed by atoms with van der Waals surface area (Å²) in [6.45, 7) is 5.01. The van der Waals surface area contributed by atoms with E-state index in [2.05, 4.69) is 27.1 Å². The van der Waals surface area contributed by atoms with Gasteiger partial charge in [-0.1, -0.05) is 6.07 Å². The van der Waals surface area contributed by atoms with Gasteiger partial charge in [0.1, 0.15) is 23.3 Å². The zero-order valence-electron chi connectivity index (χ0n) is 20.8. The highest BCUT2D eigenvalue weighted by molar-refractivity contribution is 5.83. The molecule has 0 spiro atoms. The first-order valence-electron chi connectivity index (χ1n) is 13.0. The van der Waals surface area contributed by atoms with Gasteiger partial charge >= 0.3 is 0 Å². The number of hydrogen-bond donors (Lipinski definition) is 1. The van der Waals surface area contributed by atoms with E-state index in [9.17, 15) is 8.78 Å². The number of rotatable bonds is 5. The molecule has 2 saturated heterocycles. The second kappa shape index (κ2) is 9.45. The fourth-order valence-corrected chi connectivity index (χ4v) is 5.62. The molecule has 8 nitrogen and oxygen atoms in total. The number of nitrogens with zero attached hydrogens (tertiary/aromatic N) is 6. The molecule has 0 aliphatic carbocycles. The van der Waals surface area contributed by atoms with Gasteiger partial charge in [-0.25, -0.2) is 23.3 Å². The first-order chi connectivity index (χ1) is 18.6. The molecule has 0 saturated carbocycles. The van der Waals surface area contributed by atoms with E-state index in [0.29, 0.717) is 29.4 Å². The summed E-state index contributed by atoms with van der Waals surface area (Å²) >= 11 is 0. The zero-order valence-corrected chi connectivity index (χ0v) is 20.8. The van der Waals surface area contributed by atoms with E-state index in [1.165, 1.54) is 17.7 Å². The number of nitrogens with one attached hydrogen (secondary N) is 1. The molecule has 5 heterocycles. The first kappa shape index (κ1) is 23.2. The number of halogens is 2. The van der Waals surface area contributed by atoms with Gasteiger partial charge in [0.25, 0.3) is 0 Å². The average molecular weight is 516 g/mol. The van der Waals surface area contributed by atoms with Crippen LogP contribution in [-0.4, -0.2) is 62.3 Å². The molecule has 194 valence electrons. The summed E-state index contributed by atoms with van der Waals surface area (Å²) < 4.78 is 35.7. The Morgan fingerprint density at radius 2 is 1.89 bits per heavy atom. The molecule has 1 atom stereocenters. The molecule has 38 heavy (non-hydrogen) atoms. The van der Waals surface area contributed by atoms with E-state index < -0.39 is 11.6 Å². The standard InChI is InChI=1S/C28H27F2N7O/c29-19-4-5-22(30)20(15-19)25-2-1-8-36(25)26-7-9-37-28(34-26)21(16-31-37)27-32-23-6-3-18(14-24(23)33-27)17-35-10-12-38-13-11-35/h3-7,9,14-16,25H,1-2,8,10-13,17H2,(H,32,33)/t25-/m1/s1. The Hall–Kier alpha value is -3.89. The van der Waals surface area contributed by atoms with Crippen LogP contribution in [0.5, 0.6) is 0 Å². The number of anilines is 1. The molecule has 2 aromatic carbocycles. The van der Waals surface area contributed by atoms with Gasteiger partial charge in [-0.3, -0.25) is 4.90 Å². The van der Waals surface area contributed by atoms with Crippen LogP contribution in [0.15, 0.2) is 54.9 Å². The van der Waals surface area contributed by atoms with Gasteiger partial charge in [-0.2, -0.15) is 5.10 Å². The molecule has 10 heteroatoms. The van der Waals surface area contributed by atoms with Gasteiger partial charge in [-0.15, -0.1) is 0 Å². The highest BCUT2D eigenvalue weighted by Crippen LogP contribution is 2.37. The fraction of sp³-hybridized carbons (Fsp3) is 0.321. The highest BCUT2D eigenvalue weighted by Gasteiger charge is 2.30. The molecule has 7 rings (SSSR count). The summed E-state index contributed by atoms with van der Waals surface area (Å²) in [5.41, 5.74) is 4.86. The van der Waals surface area contributed by atoms with E-state index in [0.717, 1.165) is 68.4 Å². The van der Waals surface area contributed by atoms with Crippen LogP contribution in [0.3, 0.4) is 0 Å². The summed E-state index contributed by atoms with van der Waals surface area (Å²) in [4.78, 5) is 17.6. The van der Waals surface area contributed by atoms with Crippen LogP contribution in [0.1, 0.15) is 30.0 Å². The smallest absolute Gasteiger partial charge is 0.168 e. The molecule has 0 radical (unpaired) electrons. The Balaban J connectivity index is 1.21. The van der Waals surface area contributed by atoms with Gasteiger partial charge in [0.2, 0.25) is 0 Å². The van der Waals surface area contributed by atoms with Crippen LogP contribution in [-0.2, 0) is 11.3 Å². The highest BCUT2D eigenvalue weighted by atomic mass is 19.1. The minimum Gasteiger partial charge on any atom is -0.379 e. The maximum atomic E-state index is 14.6. The van der Waals surface area contributed by atoms with Gasteiger partial charge < -0.3 is 14.6 Å². The van der Waals surface area contributed by atoms with Crippen molar-refractivity contribution in [3.63, 3.8) is 0 Å². The number of morpholine rings is 1. The quantitative estimate of drug-likeness (QED) is 0.365. The van der Waals surface area contributed by atoms with Gasteiger partial charge in [0, 0.05) is 37.9 Å². The van der Waals surface area contributed by atoms with Crippen LogP contribution in [0.2, 0.25) is 0 Å². The molecule has 0 amide bonds. The maximum Gasteiger partial charge on any atom is 0.168 e. The third kappa shape index (κ3) is 4.19. The lowest BCUT2D eigenvalue weighted by molar-refractivity contribution is 0.0342. The van der Waals surface area contributed by atoms with E-state index in [1.54, 1.807) is 10.7 Å². The van der Waals surface area contributed by atoms with Crippen molar-refractivity contribution in [2.75, 3.05) is 37.7 Å². The summed E-state index contributed by atoms with van der Waals surface area (Å²) in [7, 11) is 0. The number of aromatic amines is 1. The number of H-pyrrole nitrogens is 1. The molecule has 2 fully saturated rings. The molecule has 1 N–H and O–H groups in total. The molecule has 5 aromatic rings. The third-order valence-corrected chi connectivity index (χ3v) is 7.53. The summed E-state index contributed by atoms with van der Waals surface area (Å²) in [5, 5.41) is 4.48. The van der Waals surface area contributed by atoms with Crippen molar-refractivity contribution in [1.29, 1.82) is 0 Å². The molecular formula is C28H27F2N7O. The second-order valence-electron chi connectivity index (χ2n) is 9.95. The van der Waals surface area contributed by atoms with Crippen LogP contribution >= 0.6 is 0 Å². The summed E-state index contributed by atoms with van der Waals surface area (Å²) in [5.74, 6) is 0.559. The molecular weight excluding hydrogens is 488 g/mol. The minimum absolute atomic E-state index is 0.275. The molecule has 0 unspecified atom stereocenters. The topological polar surface area (TPSA) is 74.6 Å². The Kier molecular flexibility index (Phi) is 5.78. The van der Waals surface area contributed by atoms with Gasteiger partial charge in [0.05, 0.1) is 42.0 Å². The number of ether oxygens (including phenoxy) is 1. The van der Waals surface area contributed by atoms with Crippen molar-refractivity contribution in [2.24, 2.45) is 0 Å². The molecule has 3 aromatic heterocycles. The molecule has 2 aliphatic heterocycles. The van der Waals surface area contributed by atoms with Gasteiger partial charge in [0.15, 0.2) is 5.65 Å². The summed E-state index contributed by atoms with van der Waals surface area (Å²) in [6, 6.07) is 11.5. The van der Waals surface area contributed by atoms with E-state index in [4.69, 9.17) is 14.7 Å². The Morgan fingerprint density at radius 1 is 1.00 bits per heavy atom. The van der Waals surface area contributed by atoms with E-state index >= 15 is 0 Å².